The number of carbonyl (C=O) groups is 1. The van der Waals surface area contributed by atoms with E-state index in [1.54, 1.807) is 4.90 Å². The smallest absolute Gasteiger partial charge is 0.227 e. The van der Waals surface area contributed by atoms with Crippen molar-refractivity contribution in [2.75, 3.05) is 11.4 Å². The van der Waals surface area contributed by atoms with Crippen LogP contribution in [0.1, 0.15) is 76.1 Å². The topological polar surface area (TPSA) is 85.0 Å². The van der Waals surface area contributed by atoms with E-state index in [1.807, 2.05) is 50.5 Å². The van der Waals surface area contributed by atoms with Crippen LogP contribution in [0.15, 0.2) is 53.6 Å². The lowest BCUT2D eigenvalue weighted by atomic mass is 10.1. The molecule has 3 rings (SSSR count). The summed E-state index contributed by atoms with van der Waals surface area (Å²) in [5, 5.41) is 4.00. The van der Waals surface area contributed by atoms with Crippen LogP contribution >= 0.6 is 0 Å². The van der Waals surface area contributed by atoms with Crippen LogP contribution in [-0.4, -0.2) is 32.6 Å². The molecule has 0 fully saturated rings. The van der Waals surface area contributed by atoms with Crippen LogP contribution < -0.4 is 4.90 Å². The molecule has 0 spiro atoms. The first-order valence-corrected chi connectivity index (χ1v) is 12.2. The Kier molecular flexibility index (Phi) is 9.64. The van der Waals surface area contributed by atoms with Gasteiger partial charge < -0.3 is 9.42 Å². The number of unbranched alkanes of at least 4 members (excludes halogenated alkanes) is 2. The van der Waals surface area contributed by atoms with Crippen LogP contribution in [-0.2, 0) is 17.6 Å². The summed E-state index contributed by atoms with van der Waals surface area (Å²) in [6.07, 6.45) is 7.86. The van der Waals surface area contributed by atoms with E-state index in [4.69, 9.17) is 4.52 Å². The number of benzene rings is 1. The summed E-state index contributed by atoms with van der Waals surface area (Å²) in [5.74, 6) is 1.58. The monoisotopic (exact) mass is 479 g/mol. The van der Waals surface area contributed by atoms with Gasteiger partial charge in [-0.2, -0.15) is 4.98 Å². The molecule has 3 aromatic rings. The van der Waals surface area contributed by atoms with Crippen molar-refractivity contribution in [2.45, 2.75) is 71.6 Å². The van der Waals surface area contributed by atoms with Crippen LogP contribution in [0.4, 0.5) is 10.1 Å². The first-order chi connectivity index (χ1) is 16.9. The van der Waals surface area contributed by atoms with Crippen molar-refractivity contribution >= 4 is 11.6 Å². The van der Waals surface area contributed by atoms with E-state index in [-0.39, 0.29) is 24.7 Å². The van der Waals surface area contributed by atoms with Gasteiger partial charge in [0.2, 0.25) is 11.8 Å². The van der Waals surface area contributed by atoms with Crippen molar-refractivity contribution in [1.82, 2.24) is 20.1 Å². The lowest BCUT2D eigenvalue weighted by molar-refractivity contribution is -0.118. The third-order valence-corrected chi connectivity index (χ3v) is 5.71. The summed E-state index contributed by atoms with van der Waals surface area (Å²) < 4.78 is 18.5. The number of halogens is 1. The molecule has 0 aliphatic carbocycles. The lowest BCUT2D eigenvalue weighted by Crippen LogP contribution is -2.31. The Hall–Kier alpha value is -3.42. The van der Waals surface area contributed by atoms with E-state index in [1.165, 1.54) is 0 Å². The van der Waals surface area contributed by atoms with E-state index in [0.29, 0.717) is 24.7 Å². The Balaban J connectivity index is 1.65. The first-order valence-electron chi connectivity index (χ1n) is 12.2. The molecule has 0 unspecified atom stereocenters. The molecule has 8 heteroatoms. The van der Waals surface area contributed by atoms with Gasteiger partial charge in [0.25, 0.3) is 0 Å². The number of aromatic nitrogens is 4. The molecule has 0 radical (unpaired) electrons. The molecule has 0 N–H and O–H groups in total. The maximum Gasteiger partial charge on any atom is 0.227 e. The van der Waals surface area contributed by atoms with Crippen LogP contribution in [0.3, 0.4) is 0 Å². The van der Waals surface area contributed by atoms with Crippen molar-refractivity contribution in [3.63, 3.8) is 0 Å². The van der Waals surface area contributed by atoms with Gasteiger partial charge in [-0.1, -0.05) is 51.1 Å². The number of rotatable bonds is 13. The van der Waals surface area contributed by atoms with E-state index in [2.05, 4.69) is 33.6 Å². The van der Waals surface area contributed by atoms with E-state index >= 15 is 0 Å². The molecule has 0 saturated carbocycles. The van der Waals surface area contributed by atoms with Crippen LogP contribution in [0.5, 0.6) is 0 Å². The Morgan fingerprint density at radius 2 is 1.91 bits per heavy atom. The summed E-state index contributed by atoms with van der Waals surface area (Å²) >= 11 is 0. The molecule has 1 aromatic carbocycles. The second-order valence-electron chi connectivity index (χ2n) is 8.89. The second kappa shape index (κ2) is 12.9. The van der Waals surface area contributed by atoms with Crippen molar-refractivity contribution in [2.24, 2.45) is 0 Å². The van der Waals surface area contributed by atoms with Crippen LogP contribution in [0, 0.1) is 0 Å². The van der Waals surface area contributed by atoms with Gasteiger partial charge in [-0.25, -0.2) is 14.4 Å². The van der Waals surface area contributed by atoms with E-state index < -0.39 is 5.83 Å². The minimum atomic E-state index is -0.489. The van der Waals surface area contributed by atoms with Gasteiger partial charge in [0.1, 0.15) is 0 Å². The Bertz CT molecular complexity index is 1110. The molecule has 0 bridgehead atoms. The third-order valence-electron chi connectivity index (χ3n) is 5.71. The largest absolute Gasteiger partial charge is 0.339 e. The number of amides is 1. The predicted molar refractivity (Wildman–Crippen MR) is 135 cm³/mol. The standard InChI is InChI=1S/C27H34FN5O2/c1-5-21-17-29-27(30-18-21)22-10-9-11-23(16-22)33(25(34)14-13-20(4)28)15-8-6-7-12-24-31-26(19(2)3)32-35-24/h9-11,16-19H,4-8,12-15H2,1-3H3. The number of anilines is 1. The van der Waals surface area contributed by atoms with Gasteiger partial charge in [0.05, 0.1) is 5.83 Å². The summed E-state index contributed by atoms with van der Waals surface area (Å²) in [7, 11) is 0. The molecule has 2 aromatic heterocycles. The molecular weight excluding hydrogens is 445 g/mol. The zero-order valence-electron chi connectivity index (χ0n) is 20.8. The number of hydrogen-bond acceptors (Lipinski definition) is 6. The normalized spacial score (nSPS) is 11.1. The Morgan fingerprint density at radius 1 is 1.14 bits per heavy atom. The Labute approximate surface area is 206 Å². The number of carbonyl (C=O) groups excluding carboxylic acids is 1. The summed E-state index contributed by atoms with van der Waals surface area (Å²) in [4.78, 5) is 28.0. The van der Waals surface area contributed by atoms with Gasteiger partial charge >= 0.3 is 0 Å². The van der Waals surface area contributed by atoms with Gasteiger partial charge in [-0.05, 0) is 37.0 Å². The molecule has 0 atom stereocenters. The molecule has 0 aliphatic heterocycles. The molecule has 0 saturated heterocycles. The fourth-order valence-corrected chi connectivity index (χ4v) is 3.60. The average Bonchev–Trinajstić information content (AvgIpc) is 3.34. The SMILES string of the molecule is C=C(F)CCC(=O)N(CCCCCc1nc(C(C)C)no1)c1cccc(-c2ncc(CC)cn2)c1. The average molecular weight is 480 g/mol. The Morgan fingerprint density at radius 3 is 2.57 bits per heavy atom. The lowest BCUT2D eigenvalue weighted by Gasteiger charge is -2.23. The van der Waals surface area contributed by atoms with Crippen molar-refractivity contribution < 1.29 is 13.7 Å². The molecule has 186 valence electrons. The summed E-state index contributed by atoms with van der Waals surface area (Å²) in [6.45, 7) is 9.92. The van der Waals surface area contributed by atoms with Gasteiger partial charge in [-0.3, -0.25) is 4.79 Å². The van der Waals surface area contributed by atoms with Crippen LogP contribution in [0.25, 0.3) is 11.4 Å². The highest BCUT2D eigenvalue weighted by atomic mass is 19.1. The van der Waals surface area contributed by atoms with Crippen molar-refractivity contribution in [3.8, 4) is 11.4 Å². The number of nitrogens with zero attached hydrogens (tertiary/aromatic N) is 5. The number of allylic oxidation sites excluding steroid dienone is 1. The third kappa shape index (κ3) is 7.80. The van der Waals surface area contributed by atoms with E-state index in [0.717, 1.165) is 48.3 Å². The zero-order valence-corrected chi connectivity index (χ0v) is 20.8. The van der Waals surface area contributed by atoms with Gasteiger partial charge in [0, 0.05) is 55.4 Å². The molecule has 7 nitrogen and oxygen atoms in total. The fourth-order valence-electron chi connectivity index (χ4n) is 3.60. The summed E-state index contributed by atoms with van der Waals surface area (Å²) in [6, 6.07) is 7.61. The quantitative estimate of drug-likeness (QED) is 0.271. The number of aryl methyl sites for hydroxylation is 2. The fraction of sp³-hybridized carbons (Fsp3) is 0.444. The van der Waals surface area contributed by atoms with E-state index in [9.17, 15) is 9.18 Å². The minimum absolute atomic E-state index is 0.0198. The molecular formula is C27H34FN5O2. The van der Waals surface area contributed by atoms with Gasteiger partial charge in [-0.15, -0.1) is 0 Å². The molecule has 1 amide bonds. The highest BCUT2D eigenvalue weighted by Gasteiger charge is 2.17. The number of hydrogen-bond donors (Lipinski definition) is 0. The zero-order chi connectivity index (χ0) is 25.2. The van der Waals surface area contributed by atoms with Crippen molar-refractivity contribution in [1.29, 1.82) is 0 Å². The second-order valence-corrected chi connectivity index (χ2v) is 8.89. The molecule has 35 heavy (non-hydrogen) atoms. The minimum Gasteiger partial charge on any atom is -0.339 e. The first kappa shape index (κ1) is 26.2. The highest BCUT2D eigenvalue weighted by molar-refractivity contribution is 5.94. The molecule has 0 aliphatic rings. The maximum atomic E-state index is 13.2. The van der Waals surface area contributed by atoms with Crippen molar-refractivity contribution in [3.05, 3.63) is 66.3 Å². The predicted octanol–water partition coefficient (Wildman–Crippen LogP) is 6.22. The molecule has 2 heterocycles. The highest BCUT2D eigenvalue weighted by Crippen LogP contribution is 2.24. The van der Waals surface area contributed by atoms with Crippen LogP contribution in [0.2, 0.25) is 0 Å². The van der Waals surface area contributed by atoms with Gasteiger partial charge in [0.15, 0.2) is 11.6 Å². The maximum absolute atomic E-state index is 13.2. The summed E-state index contributed by atoms with van der Waals surface area (Å²) in [5.41, 5.74) is 2.64.